The summed E-state index contributed by atoms with van der Waals surface area (Å²) in [6.45, 7) is 1.06. The number of nitrogens with zero attached hydrogens (tertiary/aromatic N) is 2. The van der Waals surface area contributed by atoms with Crippen molar-refractivity contribution < 1.29 is 4.92 Å². The summed E-state index contributed by atoms with van der Waals surface area (Å²) in [6.07, 6.45) is 1.55. The van der Waals surface area contributed by atoms with Gasteiger partial charge in [-0.2, -0.15) is 0 Å². The molecule has 17 heavy (non-hydrogen) atoms. The zero-order valence-electron chi connectivity index (χ0n) is 9.09. The second-order valence-electron chi connectivity index (χ2n) is 3.50. The standard InChI is InChI=1S/C11H12N4O2/c12-5-7-14-11-9-2-1-3-10(15(16)17)8(9)4-6-13-11/h1-4,6H,5,7,12H2,(H,13,14). The average molecular weight is 232 g/mol. The van der Waals surface area contributed by atoms with E-state index in [4.69, 9.17) is 5.73 Å². The zero-order chi connectivity index (χ0) is 12.3. The van der Waals surface area contributed by atoms with E-state index in [9.17, 15) is 10.1 Å². The van der Waals surface area contributed by atoms with Crippen LogP contribution < -0.4 is 11.1 Å². The van der Waals surface area contributed by atoms with Gasteiger partial charge in [-0.1, -0.05) is 12.1 Å². The van der Waals surface area contributed by atoms with Crippen molar-refractivity contribution in [1.29, 1.82) is 0 Å². The molecule has 1 aromatic heterocycles. The van der Waals surface area contributed by atoms with E-state index in [-0.39, 0.29) is 5.69 Å². The Morgan fingerprint density at radius 1 is 1.35 bits per heavy atom. The maximum absolute atomic E-state index is 10.9. The third-order valence-electron chi connectivity index (χ3n) is 2.42. The highest BCUT2D eigenvalue weighted by atomic mass is 16.6. The molecule has 1 heterocycles. The summed E-state index contributed by atoms with van der Waals surface area (Å²) in [6, 6.07) is 6.57. The minimum atomic E-state index is -0.394. The molecule has 0 amide bonds. The number of nitro benzene ring substituents is 1. The van der Waals surface area contributed by atoms with Gasteiger partial charge in [0.25, 0.3) is 5.69 Å². The molecule has 0 saturated heterocycles. The van der Waals surface area contributed by atoms with E-state index in [1.165, 1.54) is 6.07 Å². The summed E-state index contributed by atoms with van der Waals surface area (Å²) >= 11 is 0. The lowest BCUT2D eigenvalue weighted by Crippen LogP contribution is -2.14. The monoisotopic (exact) mass is 232 g/mol. The molecular formula is C11H12N4O2. The molecule has 3 N–H and O–H groups in total. The van der Waals surface area contributed by atoms with Crippen LogP contribution in [0.1, 0.15) is 0 Å². The maximum Gasteiger partial charge on any atom is 0.277 e. The van der Waals surface area contributed by atoms with Gasteiger partial charge in [-0.25, -0.2) is 4.98 Å². The fraction of sp³-hybridized carbons (Fsp3) is 0.182. The number of nitrogens with two attached hydrogens (primary N) is 1. The largest absolute Gasteiger partial charge is 0.368 e. The number of rotatable bonds is 4. The highest BCUT2D eigenvalue weighted by Gasteiger charge is 2.12. The molecule has 0 atom stereocenters. The quantitative estimate of drug-likeness (QED) is 0.615. The van der Waals surface area contributed by atoms with Crippen molar-refractivity contribution >= 4 is 22.3 Å². The van der Waals surface area contributed by atoms with Crippen molar-refractivity contribution in [3.05, 3.63) is 40.6 Å². The van der Waals surface area contributed by atoms with Crippen LogP contribution in [0.4, 0.5) is 11.5 Å². The van der Waals surface area contributed by atoms with Crippen molar-refractivity contribution in [3.63, 3.8) is 0 Å². The third-order valence-corrected chi connectivity index (χ3v) is 2.42. The summed E-state index contributed by atoms with van der Waals surface area (Å²) in [5.74, 6) is 0.622. The fourth-order valence-electron chi connectivity index (χ4n) is 1.68. The number of aromatic nitrogens is 1. The molecule has 0 aliphatic rings. The van der Waals surface area contributed by atoms with Gasteiger partial charge < -0.3 is 11.1 Å². The molecule has 2 rings (SSSR count). The Labute approximate surface area is 97.6 Å². The minimum absolute atomic E-state index is 0.0840. The molecule has 6 heteroatoms. The van der Waals surface area contributed by atoms with Crippen molar-refractivity contribution in [2.45, 2.75) is 0 Å². The molecule has 88 valence electrons. The van der Waals surface area contributed by atoms with Crippen LogP contribution in [0, 0.1) is 10.1 Å². The lowest BCUT2D eigenvalue weighted by molar-refractivity contribution is -0.383. The van der Waals surface area contributed by atoms with Crippen LogP contribution in [-0.2, 0) is 0 Å². The Bertz CT molecular complexity index is 556. The van der Waals surface area contributed by atoms with Crippen molar-refractivity contribution in [3.8, 4) is 0 Å². The van der Waals surface area contributed by atoms with E-state index in [1.54, 1.807) is 24.4 Å². The number of hydrogen-bond donors (Lipinski definition) is 2. The molecule has 0 spiro atoms. The first-order valence-electron chi connectivity index (χ1n) is 5.20. The van der Waals surface area contributed by atoms with E-state index in [1.807, 2.05) is 0 Å². The van der Waals surface area contributed by atoms with Gasteiger partial charge in [0.15, 0.2) is 0 Å². The first-order valence-corrected chi connectivity index (χ1v) is 5.20. The fourth-order valence-corrected chi connectivity index (χ4v) is 1.68. The van der Waals surface area contributed by atoms with Crippen LogP contribution in [0.2, 0.25) is 0 Å². The number of benzene rings is 1. The average Bonchev–Trinajstić information content (AvgIpc) is 2.35. The van der Waals surface area contributed by atoms with E-state index < -0.39 is 4.92 Å². The summed E-state index contributed by atoms with van der Waals surface area (Å²) in [5.41, 5.74) is 5.48. The maximum atomic E-state index is 10.9. The second-order valence-corrected chi connectivity index (χ2v) is 3.50. The number of pyridine rings is 1. The van der Waals surface area contributed by atoms with Crippen LogP contribution in [0.5, 0.6) is 0 Å². The number of non-ortho nitro benzene ring substituents is 1. The van der Waals surface area contributed by atoms with Crippen LogP contribution in [0.3, 0.4) is 0 Å². The first kappa shape index (κ1) is 11.3. The van der Waals surface area contributed by atoms with Crippen molar-refractivity contribution in [2.24, 2.45) is 5.73 Å². The van der Waals surface area contributed by atoms with Gasteiger partial charge in [0.1, 0.15) is 5.82 Å². The SMILES string of the molecule is NCCNc1nccc2c([N+](=O)[O-])cccc12. The number of anilines is 1. The van der Waals surface area contributed by atoms with Gasteiger partial charge in [-0.05, 0) is 6.07 Å². The summed E-state index contributed by atoms with van der Waals surface area (Å²) in [5, 5.41) is 15.2. The molecule has 6 nitrogen and oxygen atoms in total. The van der Waals surface area contributed by atoms with Crippen molar-refractivity contribution in [2.75, 3.05) is 18.4 Å². The van der Waals surface area contributed by atoms with Gasteiger partial charge in [-0.15, -0.1) is 0 Å². The molecule has 0 radical (unpaired) electrons. The second kappa shape index (κ2) is 4.75. The van der Waals surface area contributed by atoms with Crippen molar-refractivity contribution in [1.82, 2.24) is 4.98 Å². The molecule has 0 bridgehead atoms. The van der Waals surface area contributed by atoms with Gasteiger partial charge in [0, 0.05) is 30.7 Å². The molecule has 0 aliphatic heterocycles. The highest BCUT2D eigenvalue weighted by Crippen LogP contribution is 2.28. The lowest BCUT2D eigenvalue weighted by atomic mass is 10.1. The molecule has 0 unspecified atom stereocenters. The van der Waals surface area contributed by atoms with E-state index in [0.29, 0.717) is 24.3 Å². The normalized spacial score (nSPS) is 10.4. The molecular weight excluding hydrogens is 220 g/mol. The number of hydrogen-bond acceptors (Lipinski definition) is 5. The van der Waals surface area contributed by atoms with Gasteiger partial charge in [0.2, 0.25) is 0 Å². The van der Waals surface area contributed by atoms with E-state index >= 15 is 0 Å². The van der Waals surface area contributed by atoms with Gasteiger partial charge >= 0.3 is 0 Å². The van der Waals surface area contributed by atoms with E-state index in [2.05, 4.69) is 10.3 Å². The van der Waals surface area contributed by atoms with Crippen LogP contribution in [-0.4, -0.2) is 23.0 Å². The summed E-state index contributed by atoms with van der Waals surface area (Å²) in [7, 11) is 0. The topological polar surface area (TPSA) is 94.1 Å². The first-order chi connectivity index (χ1) is 8.24. The Kier molecular flexibility index (Phi) is 3.15. The number of nitro groups is 1. The Morgan fingerprint density at radius 2 is 2.18 bits per heavy atom. The molecule has 0 fully saturated rings. The summed E-state index contributed by atoms with van der Waals surface area (Å²) < 4.78 is 0. The Balaban J connectivity index is 2.57. The van der Waals surface area contributed by atoms with Crippen LogP contribution >= 0.6 is 0 Å². The minimum Gasteiger partial charge on any atom is -0.368 e. The third kappa shape index (κ3) is 2.16. The lowest BCUT2D eigenvalue weighted by Gasteiger charge is -2.07. The predicted molar refractivity (Wildman–Crippen MR) is 65.9 cm³/mol. The summed E-state index contributed by atoms with van der Waals surface area (Å²) in [4.78, 5) is 14.6. The Morgan fingerprint density at radius 3 is 2.88 bits per heavy atom. The van der Waals surface area contributed by atoms with Gasteiger partial charge in [-0.3, -0.25) is 10.1 Å². The van der Waals surface area contributed by atoms with E-state index in [0.717, 1.165) is 5.39 Å². The Hall–Kier alpha value is -2.21. The molecule has 0 aliphatic carbocycles. The number of nitrogens with one attached hydrogen (secondary N) is 1. The molecule has 2 aromatic rings. The molecule has 0 saturated carbocycles. The van der Waals surface area contributed by atoms with Crippen LogP contribution in [0.15, 0.2) is 30.5 Å². The smallest absolute Gasteiger partial charge is 0.277 e. The van der Waals surface area contributed by atoms with Gasteiger partial charge in [0.05, 0.1) is 10.3 Å². The number of fused-ring (bicyclic) bond motifs is 1. The molecule has 1 aromatic carbocycles. The predicted octanol–water partition coefficient (Wildman–Crippen LogP) is 1.51. The zero-order valence-corrected chi connectivity index (χ0v) is 9.09. The van der Waals surface area contributed by atoms with Crippen LogP contribution in [0.25, 0.3) is 10.8 Å². The highest BCUT2D eigenvalue weighted by molar-refractivity contribution is 5.97.